The average molecular weight is 250 g/mol. The smallest absolute Gasteiger partial charge is 0.331 e. The fraction of sp³-hybridized carbons (Fsp3) is 0.462. The molecule has 2 atom stereocenters. The van der Waals surface area contributed by atoms with Crippen LogP contribution in [0.5, 0.6) is 0 Å². The van der Waals surface area contributed by atoms with Crippen molar-refractivity contribution in [3.05, 3.63) is 23.8 Å². The summed E-state index contributed by atoms with van der Waals surface area (Å²) in [6.07, 6.45) is 5.43. The highest BCUT2D eigenvalue weighted by Gasteiger charge is 2.55. The van der Waals surface area contributed by atoms with Crippen molar-refractivity contribution in [2.75, 3.05) is 0 Å². The van der Waals surface area contributed by atoms with E-state index in [1.807, 2.05) is 0 Å². The number of hydrogen-bond acceptors (Lipinski definition) is 3. The second-order valence-electron chi connectivity index (χ2n) is 4.82. The number of hydrogen-bond donors (Lipinski definition) is 2. The number of aliphatic carboxylic acids is 2. The minimum Gasteiger partial charge on any atom is -0.480 e. The minimum atomic E-state index is -1.72. The molecule has 0 aromatic carbocycles. The van der Waals surface area contributed by atoms with Crippen LogP contribution >= 0.6 is 0 Å². The molecule has 0 aromatic heterocycles. The van der Waals surface area contributed by atoms with Gasteiger partial charge in [0.2, 0.25) is 0 Å². The maximum atomic E-state index is 12.3. The van der Waals surface area contributed by atoms with Crippen LogP contribution in [0.2, 0.25) is 0 Å². The third-order valence-corrected chi connectivity index (χ3v) is 3.74. The van der Waals surface area contributed by atoms with Gasteiger partial charge < -0.3 is 10.2 Å². The van der Waals surface area contributed by atoms with E-state index in [0.29, 0.717) is 12.8 Å². The molecule has 0 heterocycles. The number of carboxylic acid groups (broad SMARTS) is 2. The van der Waals surface area contributed by atoms with Gasteiger partial charge in [0.1, 0.15) is 0 Å². The van der Waals surface area contributed by atoms with Crippen LogP contribution in [0.15, 0.2) is 23.8 Å². The normalized spacial score (nSPS) is 30.7. The van der Waals surface area contributed by atoms with Crippen LogP contribution in [0.1, 0.15) is 19.8 Å². The van der Waals surface area contributed by atoms with Crippen molar-refractivity contribution < 1.29 is 24.6 Å². The molecule has 2 aliphatic carbocycles. The first-order chi connectivity index (χ1) is 8.41. The Balaban J connectivity index is 2.46. The highest BCUT2D eigenvalue weighted by atomic mass is 16.4. The fourth-order valence-electron chi connectivity index (χ4n) is 2.43. The van der Waals surface area contributed by atoms with Gasteiger partial charge in [0.25, 0.3) is 0 Å². The van der Waals surface area contributed by atoms with E-state index in [1.54, 1.807) is 0 Å². The molecule has 0 bridgehead atoms. The molecular weight excluding hydrogens is 236 g/mol. The first-order valence-electron chi connectivity index (χ1n) is 5.81. The average Bonchev–Trinajstić information content (AvgIpc) is 3.11. The highest BCUT2D eigenvalue weighted by molar-refractivity contribution is 6.09. The van der Waals surface area contributed by atoms with Gasteiger partial charge in [-0.1, -0.05) is 25.2 Å². The van der Waals surface area contributed by atoms with Crippen LogP contribution in [-0.4, -0.2) is 27.9 Å². The van der Waals surface area contributed by atoms with Gasteiger partial charge in [0, 0.05) is 17.4 Å². The van der Waals surface area contributed by atoms with Gasteiger partial charge in [-0.2, -0.15) is 0 Å². The summed E-state index contributed by atoms with van der Waals surface area (Å²) >= 11 is 0. The molecule has 2 aliphatic rings. The molecule has 2 rings (SSSR count). The molecule has 0 aromatic rings. The molecule has 1 saturated carbocycles. The van der Waals surface area contributed by atoms with Crippen molar-refractivity contribution in [1.82, 2.24) is 0 Å². The van der Waals surface area contributed by atoms with E-state index in [9.17, 15) is 19.5 Å². The third-order valence-electron chi connectivity index (χ3n) is 3.74. The van der Waals surface area contributed by atoms with Crippen molar-refractivity contribution in [2.45, 2.75) is 19.8 Å². The molecule has 2 unspecified atom stereocenters. The van der Waals surface area contributed by atoms with Gasteiger partial charge in [-0.15, -0.1) is 0 Å². The Labute approximate surface area is 104 Å². The Morgan fingerprint density at radius 1 is 1.28 bits per heavy atom. The zero-order valence-electron chi connectivity index (χ0n) is 9.92. The molecule has 5 heteroatoms. The number of carbonyl (C=O) groups is 3. The van der Waals surface area contributed by atoms with E-state index in [0.717, 1.165) is 0 Å². The lowest BCUT2D eigenvalue weighted by Crippen LogP contribution is -2.46. The third kappa shape index (κ3) is 1.66. The van der Waals surface area contributed by atoms with Crippen LogP contribution in [0.3, 0.4) is 0 Å². The number of ketones is 1. The van der Waals surface area contributed by atoms with E-state index in [-0.39, 0.29) is 17.3 Å². The van der Waals surface area contributed by atoms with Crippen molar-refractivity contribution in [3.8, 4) is 0 Å². The van der Waals surface area contributed by atoms with Gasteiger partial charge in [0.05, 0.1) is 0 Å². The second kappa shape index (κ2) is 4.08. The lowest BCUT2D eigenvalue weighted by atomic mass is 9.66. The summed E-state index contributed by atoms with van der Waals surface area (Å²) < 4.78 is 0. The maximum absolute atomic E-state index is 12.3. The molecule has 0 spiro atoms. The summed E-state index contributed by atoms with van der Waals surface area (Å²) in [5.41, 5.74) is -1.75. The zero-order chi connectivity index (χ0) is 13.5. The Hall–Kier alpha value is -1.91. The number of carboxylic acids is 2. The van der Waals surface area contributed by atoms with Crippen molar-refractivity contribution >= 4 is 17.7 Å². The van der Waals surface area contributed by atoms with Gasteiger partial charge in [0.15, 0.2) is 11.2 Å². The van der Waals surface area contributed by atoms with Gasteiger partial charge in [-0.25, -0.2) is 4.79 Å². The SMILES string of the molecule is CC1C(C(=O)O)=CC=CC1(C(=O)O)C(=O)C1CC1. The molecule has 18 heavy (non-hydrogen) atoms. The maximum Gasteiger partial charge on any atom is 0.331 e. The summed E-state index contributed by atoms with van der Waals surface area (Å²) in [5.74, 6) is -3.91. The molecule has 0 radical (unpaired) electrons. The minimum absolute atomic E-state index is 0.0334. The summed E-state index contributed by atoms with van der Waals surface area (Å²) in [6, 6.07) is 0. The van der Waals surface area contributed by atoms with Crippen molar-refractivity contribution in [2.24, 2.45) is 17.3 Å². The Morgan fingerprint density at radius 2 is 1.89 bits per heavy atom. The van der Waals surface area contributed by atoms with Gasteiger partial charge >= 0.3 is 11.9 Å². The molecule has 1 fully saturated rings. The molecule has 0 amide bonds. The lowest BCUT2D eigenvalue weighted by molar-refractivity contribution is -0.154. The standard InChI is InChI=1S/C13H14O5/c1-7-9(11(15)16)3-2-6-13(7,12(17)18)10(14)8-4-5-8/h2-3,6-8H,4-5H2,1H3,(H,15,16)(H,17,18). The van der Waals surface area contributed by atoms with Crippen LogP contribution < -0.4 is 0 Å². The van der Waals surface area contributed by atoms with Gasteiger partial charge in [-0.05, 0) is 12.8 Å². The monoisotopic (exact) mass is 250 g/mol. The second-order valence-corrected chi connectivity index (χ2v) is 4.82. The molecule has 2 N–H and O–H groups in total. The summed E-state index contributed by atoms with van der Waals surface area (Å²) in [6.45, 7) is 1.48. The molecule has 0 saturated heterocycles. The number of rotatable bonds is 4. The Morgan fingerprint density at radius 3 is 2.33 bits per heavy atom. The van der Waals surface area contributed by atoms with E-state index in [4.69, 9.17) is 5.11 Å². The topological polar surface area (TPSA) is 91.7 Å². The van der Waals surface area contributed by atoms with E-state index >= 15 is 0 Å². The van der Waals surface area contributed by atoms with Gasteiger partial charge in [-0.3, -0.25) is 9.59 Å². The first-order valence-corrected chi connectivity index (χ1v) is 5.81. The molecule has 0 aliphatic heterocycles. The number of allylic oxidation sites excluding steroid dienone is 2. The van der Waals surface area contributed by atoms with E-state index in [2.05, 4.69) is 0 Å². The predicted octanol–water partition coefficient (Wildman–Crippen LogP) is 1.25. The summed E-state index contributed by atoms with van der Waals surface area (Å²) in [7, 11) is 0. The van der Waals surface area contributed by atoms with Crippen LogP contribution in [0, 0.1) is 17.3 Å². The quantitative estimate of drug-likeness (QED) is 0.733. The fourth-order valence-corrected chi connectivity index (χ4v) is 2.43. The number of carbonyl (C=O) groups excluding carboxylic acids is 1. The predicted molar refractivity (Wildman–Crippen MR) is 61.8 cm³/mol. The Bertz CT molecular complexity index is 484. The number of Topliss-reactive ketones (excluding diaryl/α,β-unsaturated/α-hetero) is 1. The van der Waals surface area contributed by atoms with E-state index < -0.39 is 23.3 Å². The van der Waals surface area contributed by atoms with Crippen molar-refractivity contribution in [1.29, 1.82) is 0 Å². The zero-order valence-corrected chi connectivity index (χ0v) is 9.92. The largest absolute Gasteiger partial charge is 0.480 e. The molecular formula is C13H14O5. The summed E-state index contributed by atoms with van der Waals surface area (Å²) in [5, 5.41) is 18.5. The first kappa shape index (κ1) is 12.5. The van der Waals surface area contributed by atoms with Crippen LogP contribution in [-0.2, 0) is 14.4 Å². The molecule has 96 valence electrons. The van der Waals surface area contributed by atoms with E-state index in [1.165, 1.54) is 25.2 Å². The lowest BCUT2D eigenvalue weighted by Gasteiger charge is -2.33. The highest BCUT2D eigenvalue weighted by Crippen LogP contribution is 2.46. The van der Waals surface area contributed by atoms with Crippen LogP contribution in [0.4, 0.5) is 0 Å². The Kier molecular flexibility index (Phi) is 2.84. The van der Waals surface area contributed by atoms with Crippen LogP contribution in [0.25, 0.3) is 0 Å². The molecule has 5 nitrogen and oxygen atoms in total. The van der Waals surface area contributed by atoms with Crippen molar-refractivity contribution in [3.63, 3.8) is 0 Å². The summed E-state index contributed by atoms with van der Waals surface area (Å²) in [4.78, 5) is 34.9.